The number of fused-ring (bicyclic) bond motifs is 1. The molecule has 180 valence electrons. The number of amides is 1. The lowest BCUT2D eigenvalue weighted by atomic mass is 9.79. The smallest absolute Gasteiger partial charge is 0.231 e. The van der Waals surface area contributed by atoms with Crippen molar-refractivity contribution >= 4 is 22.5 Å². The van der Waals surface area contributed by atoms with Crippen molar-refractivity contribution in [1.82, 2.24) is 24.6 Å². The number of rotatable bonds is 5. The van der Waals surface area contributed by atoms with Gasteiger partial charge in [0.05, 0.1) is 11.9 Å². The molecule has 1 N–H and O–H groups in total. The SMILES string of the molecule is CN1CCC(C)(C(=O)Nc2cc3cc(-c4cnn(C)c4CN4CCCCC4)ccc3cn2)CC1. The van der Waals surface area contributed by atoms with Crippen LogP contribution in [0.4, 0.5) is 5.82 Å². The molecule has 0 atom stereocenters. The van der Waals surface area contributed by atoms with E-state index in [1.165, 1.54) is 30.5 Å². The predicted molar refractivity (Wildman–Crippen MR) is 137 cm³/mol. The van der Waals surface area contributed by atoms with Gasteiger partial charge in [0.2, 0.25) is 5.91 Å². The summed E-state index contributed by atoms with van der Waals surface area (Å²) in [5.41, 5.74) is 3.23. The number of hydrogen-bond acceptors (Lipinski definition) is 5. The molecule has 1 amide bonds. The minimum Gasteiger partial charge on any atom is -0.310 e. The number of carbonyl (C=O) groups excluding carboxylic acids is 1. The molecule has 1 aromatic carbocycles. The lowest BCUT2D eigenvalue weighted by molar-refractivity contribution is -0.127. The van der Waals surface area contributed by atoms with E-state index in [0.717, 1.165) is 61.9 Å². The van der Waals surface area contributed by atoms with Crippen LogP contribution in [0, 0.1) is 5.41 Å². The number of nitrogens with one attached hydrogen (secondary N) is 1. The van der Waals surface area contributed by atoms with Crippen molar-refractivity contribution in [2.45, 2.75) is 45.6 Å². The Labute approximate surface area is 202 Å². The molecule has 4 heterocycles. The van der Waals surface area contributed by atoms with Crippen LogP contribution in [0.15, 0.2) is 36.7 Å². The number of hydrogen-bond donors (Lipinski definition) is 1. The monoisotopic (exact) mass is 460 g/mol. The highest BCUT2D eigenvalue weighted by atomic mass is 16.2. The molecular weight excluding hydrogens is 424 g/mol. The van der Waals surface area contributed by atoms with E-state index < -0.39 is 0 Å². The first-order chi connectivity index (χ1) is 16.4. The third-order valence-corrected chi connectivity index (χ3v) is 7.80. The number of carbonyl (C=O) groups is 1. The molecule has 0 saturated carbocycles. The van der Waals surface area contributed by atoms with Crippen molar-refractivity contribution in [3.8, 4) is 11.1 Å². The third kappa shape index (κ3) is 4.72. The van der Waals surface area contributed by atoms with Gasteiger partial charge in [0.25, 0.3) is 0 Å². The highest BCUT2D eigenvalue weighted by Crippen LogP contribution is 2.33. The molecule has 2 aliphatic heterocycles. The van der Waals surface area contributed by atoms with Crippen molar-refractivity contribution in [2.24, 2.45) is 12.5 Å². The molecule has 2 aliphatic rings. The third-order valence-electron chi connectivity index (χ3n) is 7.80. The lowest BCUT2D eigenvalue weighted by Gasteiger charge is -2.36. The highest BCUT2D eigenvalue weighted by molar-refractivity contribution is 5.96. The van der Waals surface area contributed by atoms with E-state index in [0.29, 0.717) is 5.82 Å². The van der Waals surface area contributed by atoms with Crippen molar-refractivity contribution in [3.05, 3.63) is 42.4 Å². The molecule has 0 radical (unpaired) electrons. The molecule has 2 fully saturated rings. The second kappa shape index (κ2) is 9.47. The van der Waals surface area contributed by atoms with Crippen LogP contribution in [-0.2, 0) is 18.4 Å². The summed E-state index contributed by atoms with van der Waals surface area (Å²) in [5, 5.41) is 9.81. The van der Waals surface area contributed by atoms with Crippen LogP contribution in [0.1, 0.15) is 44.7 Å². The largest absolute Gasteiger partial charge is 0.310 e. The van der Waals surface area contributed by atoms with Gasteiger partial charge < -0.3 is 10.2 Å². The van der Waals surface area contributed by atoms with Gasteiger partial charge in [-0.3, -0.25) is 14.4 Å². The number of aryl methyl sites for hydroxylation is 1. The van der Waals surface area contributed by atoms with Gasteiger partial charge in [-0.25, -0.2) is 4.98 Å². The minimum atomic E-state index is -0.343. The Morgan fingerprint density at radius 2 is 1.76 bits per heavy atom. The number of nitrogens with zero attached hydrogens (tertiary/aromatic N) is 5. The van der Waals surface area contributed by atoms with Crippen molar-refractivity contribution in [2.75, 3.05) is 38.5 Å². The number of piperidine rings is 2. The van der Waals surface area contributed by atoms with Gasteiger partial charge in [-0.05, 0) is 82.0 Å². The summed E-state index contributed by atoms with van der Waals surface area (Å²) in [4.78, 5) is 22.4. The second-order valence-electron chi connectivity index (χ2n) is 10.4. The van der Waals surface area contributed by atoms with Gasteiger partial charge in [-0.2, -0.15) is 5.10 Å². The zero-order valence-electron chi connectivity index (χ0n) is 20.7. The molecule has 2 saturated heterocycles. The molecule has 0 unspecified atom stereocenters. The number of aromatic nitrogens is 3. The maximum atomic E-state index is 13.1. The molecule has 0 bridgehead atoms. The normalized spacial score (nSPS) is 19.4. The fourth-order valence-electron chi connectivity index (χ4n) is 5.20. The van der Waals surface area contributed by atoms with Crippen molar-refractivity contribution in [3.63, 3.8) is 0 Å². The average Bonchev–Trinajstić information content (AvgIpc) is 3.21. The maximum Gasteiger partial charge on any atom is 0.231 e. The molecule has 34 heavy (non-hydrogen) atoms. The van der Waals surface area contributed by atoms with Crippen LogP contribution in [0.2, 0.25) is 0 Å². The van der Waals surface area contributed by atoms with E-state index in [1.807, 2.05) is 30.2 Å². The van der Waals surface area contributed by atoms with Crippen LogP contribution in [-0.4, -0.2) is 63.7 Å². The first kappa shape index (κ1) is 23.0. The quantitative estimate of drug-likeness (QED) is 0.615. The van der Waals surface area contributed by atoms with E-state index in [1.54, 1.807) is 0 Å². The Morgan fingerprint density at radius 3 is 2.53 bits per heavy atom. The van der Waals surface area contributed by atoms with Gasteiger partial charge in [-0.1, -0.05) is 25.5 Å². The van der Waals surface area contributed by atoms with Crippen LogP contribution >= 0.6 is 0 Å². The van der Waals surface area contributed by atoms with E-state index in [2.05, 4.69) is 57.4 Å². The number of pyridine rings is 1. The van der Waals surface area contributed by atoms with E-state index >= 15 is 0 Å². The van der Waals surface area contributed by atoms with Crippen molar-refractivity contribution < 1.29 is 4.79 Å². The van der Waals surface area contributed by atoms with Gasteiger partial charge in [-0.15, -0.1) is 0 Å². The Morgan fingerprint density at radius 1 is 1.00 bits per heavy atom. The molecule has 5 rings (SSSR count). The molecule has 0 aliphatic carbocycles. The summed E-state index contributed by atoms with van der Waals surface area (Å²) in [6.45, 7) is 7.21. The Bertz CT molecular complexity index is 1170. The topological polar surface area (TPSA) is 66.3 Å². The number of anilines is 1. The summed E-state index contributed by atoms with van der Waals surface area (Å²) in [6.07, 6.45) is 9.46. The minimum absolute atomic E-state index is 0.0691. The van der Waals surface area contributed by atoms with E-state index in [9.17, 15) is 4.79 Å². The zero-order valence-corrected chi connectivity index (χ0v) is 20.7. The first-order valence-corrected chi connectivity index (χ1v) is 12.5. The van der Waals surface area contributed by atoms with Gasteiger partial charge in [0.1, 0.15) is 5.82 Å². The Kier molecular flexibility index (Phi) is 6.40. The summed E-state index contributed by atoms with van der Waals surface area (Å²) in [5.74, 6) is 0.689. The van der Waals surface area contributed by atoms with Crippen LogP contribution in [0.5, 0.6) is 0 Å². The van der Waals surface area contributed by atoms with Crippen LogP contribution in [0.25, 0.3) is 21.9 Å². The molecule has 7 heteroatoms. The lowest BCUT2D eigenvalue weighted by Crippen LogP contribution is -2.43. The molecule has 3 aromatic rings. The molecule has 2 aromatic heterocycles. The summed E-state index contributed by atoms with van der Waals surface area (Å²) >= 11 is 0. The molecule has 0 spiro atoms. The molecular formula is C27H36N6O. The zero-order chi connectivity index (χ0) is 23.7. The second-order valence-corrected chi connectivity index (χ2v) is 10.4. The van der Waals surface area contributed by atoms with Crippen LogP contribution < -0.4 is 5.32 Å². The van der Waals surface area contributed by atoms with Gasteiger partial charge in [0, 0.05) is 36.2 Å². The van der Waals surface area contributed by atoms with Gasteiger partial charge >= 0.3 is 0 Å². The Hall–Kier alpha value is -2.77. The maximum absolute atomic E-state index is 13.1. The number of likely N-dealkylation sites (tertiary alicyclic amines) is 2. The highest BCUT2D eigenvalue weighted by Gasteiger charge is 2.36. The molecule has 7 nitrogen and oxygen atoms in total. The fourth-order valence-corrected chi connectivity index (χ4v) is 5.20. The first-order valence-electron chi connectivity index (χ1n) is 12.5. The van der Waals surface area contributed by atoms with E-state index in [-0.39, 0.29) is 11.3 Å². The summed E-state index contributed by atoms with van der Waals surface area (Å²) in [6, 6.07) is 8.45. The fraction of sp³-hybridized carbons (Fsp3) is 0.519. The van der Waals surface area contributed by atoms with Crippen molar-refractivity contribution in [1.29, 1.82) is 0 Å². The summed E-state index contributed by atoms with van der Waals surface area (Å²) in [7, 11) is 4.14. The predicted octanol–water partition coefficient (Wildman–Crippen LogP) is 4.29. The average molecular weight is 461 g/mol. The number of benzene rings is 1. The Balaban J connectivity index is 1.38. The van der Waals surface area contributed by atoms with Gasteiger partial charge in [0.15, 0.2) is 0 Å². The van der Waals surface area contributed by atoms with E-state index in [4.69, 9.17) is 0 Å². The standard InChI is InChI=1S/C27H36N6O/c1-27(9-13-31(2)14-10-27)26(34)30-25-16-22-15-20(7-8-21(22)17-28-25)23-18-29-32(3)24(23)19-33-11-5-4-6-12-33/h7-8,15-18H,4-6,9-14,19H2,1-3H3,(H,28,30,34). The van der Waals surface area contributed by atoms with Crippen LogP contribution in [0.3, 0.4) is 0 Å². The summed E-state index contributed by atoms with van der Waals surface area (Å²) < 4.78 is 2.01.